The SMILES string of the molecule is NC(=O)C(Cc1ccccc1)c1ccc2nc(F)ncc2c1. The molecule has 3 rings (SSSR count). The molecule has 0 fully saturated rings. The van der Waals surface area contributed by atoms with Crippen molar-refractivity contribution in [1.82, 2.24) is 9.97 Å². The van der Waals surface area contributed by atoms with Gasteiger partial charge in [-0.1, -0.05) is 36.4 Å². The van der Waals surface area contributed by atoms with Crippen LogP contribution in [-0.2, 0) is 11.2 Å². The van der Waals surface area contributed by atoms with E-state index in [0.29, 0.717) is 17.3 Å². The lowest BCUT2D eigenvalue weighted by atomic mass is 9.91. The van der Waals surface area contributed by atoms with Gasteiger partial charge in [0.15, 0.2) is 0 Å². The molecule has 1 atom stereocenters. The molecule has 1 unspecified atom stereocenters. The average Bonchev–Trinajstić information content (AvgIpc) is 2.53. The highest BCUT2D eigenvalue weighted by molar-refractivity contribution is 5.85. The van der Waals surface area contributed by atoms with Gasteiger partial charge in [-0.2, -0.15) is 4.39 Å². The Kier molecular flexibility index (Phi) is 3.78. The highest BCUT2D eigenvalue weighted by Gasteiger charge is 2.19. The summed E-state index contributed by atoms with van der Waals surface area (Å²) < 4.78 is 13.0. The molecule has 0 radical (unpaired) electrons. The van der Waals surface area contributed by atoms with Gasteiger partial charge in [-0.15, -0.1) is 0 Å². The fourth-order valence-corrected chi connectivity index (χ4v) is 2.48. The number of primary amides is 1. The first kappa shape index (κ1) is 14.1. The molecule has 110 valence electrons. The maximum Gasteiger partial charge on any atom is 0.309 e. The number of nitrogens with two attached hydrogens (primary N) is 1. The molecular weight excluding hydrogens is 281 g/mol. The maximum absolute atomic E-state index is 13.0. The standard InChI is InChI=1S/C17H14FN3O/c18-17-20-10-13-9-12(6-7-15(13)21-17)14(16(19)22)8-11-4-2-1-3-5-11/h1-7,9-10,14H,8H2,(H2,19,22). The summed E-state index contributed by atoms with van der Waals surface area (Å²) in [5.74, 6) is -0.844. The number of amides is 1. The second kappa shape index (κ2) is 5.89. The number of nitrogens with zero attached hydrogens (tertiary/aromatic N) is 2. The number of aromatic nitrogens is 2. The van der Waals surface area contributed by atoms with E-state index in [4.69, 9.17) is 5.73 Å². The summed E-state index contributed by atoms with van der Waals surface area (Å²) in [5, 5.41) is 0.679. The van der Waals surface area contributed by atoms with Crippen LogP contribution in [0, 0.1) is 6.08 Å². The quantitative estimate of drug-likeness (QED) is 0.752. The smallest absolute Gasteiger partial charge is 0.309 e. The first-order valence-corrected chi connectivity index (χ1v) is 6.89. The third-order valence-corrected chi connectivity index (χ3v) is 3.60. The van der Waals surface area contributed by atoms with Crippen molar-refractivity contribution in [2.45, 2.75) is 12.3 Å². The maximum atomic E-state index is 13.0. The Balaban J connectivity index is 1.98. The molecule has 0 aliphatic heterocycles. The normalized spacial score (nSPS) is 12.2. The van der Waals surface area contributed by atoms with Crippen LogP contribution in [0.3, 0.4) is 0 Å². The van der Waals surface area contributed by atoms with Gasteiger partial charge in [0.05, 0.1) is 11.4 Å². The average molecular weight is 295 g/mol. The molecule has 2 aromatic carbocycles. The highest BCUT2D eigenvalue weighted by atomic mass is 19.1. The lowest BCUT2D eigenvalue weighted by Crippen LogP contribution is -2.23. The van der Waals surface area contributed by atoms with Crippen molar-refractivity contribution in [1.29, 1.82) is 0 Å². The fraction of sp³-hybridized carbons (Fsp3) is 0.118. The lowest BCUT2D eigenvalue weighted by Gasteiger charge is -2.14. The lowest BCUT2D eigenvalue weighted by molar-refractivity contribution is -0.119. The first-order chi connectivity index (χ1) is 10.6. The van der Waals surface area contributed by atoms with Crippen molar-refractivity contribution in [3.8, 4) is 0 Å². The topological polar surface area (TPSA) is 68.9 Å². The van der Waals surface area contributed by atoms with Gasteiger partial charge in [-0.25, -0.2) is 9.97 Å². The van der Waals surface area contributed by atoms with Crippen LogP contribution in [-0.4, -0.2) is 15.9 Å². The van der Waals surface area contributed by atoms with Crippen molar-refractivity contribution >= 4 is 16.8 Å². The molecular formula is C17H14FN3O. The summed E-state index contributed by atoms with van der Waals surface area (Å²) in [6, 6.07) is 14.9. The van der Waals surface area contributed by atoms with Crippen molar-refractivity contribution in [2.75, 3.05) is 0 Å². The van der Waals surface area contributed by atoms with Crippen LogP contribution in [0.2, 0.25) is 0 Å². The Morgan fingerprint density at radius 1 is 1.18 bits per heavy atom. The molecule has 0 saturated carbocycles. The molecule has 0 spiro atoms. The van der Waals surface area contributed by atoms with Crippen LogP contribution in [0.25, 0.3) is 10.9 Å². The summed E-state index contributed by atoms with van der Waals surface area (Å²) in [4.78, 5) is 19.1. The third kappa shape index (κ3) is 2.93. The van der Waals surface area contributed by atoms with Gasteiger partial charge in [0.25, 0.3) is 0 Å². The monoisotopic (exact) mass is 295 g/mol. The van der Waals surface area contributed by atoms with Crippen LogP contribution in [0.1, 0.15) is 17.0 Å². The number of halogens is 1. The minimum Gasteiger partial charge on any atom is -0.369 e. The van der Waals surface area contributed by atoms with Crippen molar-refractivity contribution in [3.05, 3.63) is 71.9 Å². The molecule has 1 amide bonds. The minimum atomic E-state index is -0.768. The molecule has 4 nitrogen and oxygen atoms in total. The van der Waals surface area contributed by atoms with E-state index in [1.165, 1.54) is 6.20 Å². The molecule has 3 aromatic rings. The summed E-state index contributed by atoms with van der Waals surface area (Å²) in [6.45, 7) is 0. The summed E-state index contributed by atoms with van der Waals surface area (Å²) in [5.41, 5.74) is 7.86. The second-order valence-electron chi connectivity index (χ2n) is 5.10. The van der Waals surface area contributed by atoms with E-state index in [1.54, 1.807) is 18.2 Å². The van der Waals surface area contributed by atoms with E-state index in [0.717, 1.165) is 11.1 Å². The molecule has 0 aliphatic rings. The van der Waals surface area contributed by atoms with Crippen LogP contribution in [0.15, 0.2) is 54.7 Å². The molecule has 0 bridgehead atoms. The Morgan fingerprint density at radius 3 is 2.68 bits per heavy atom. The fourth-order valence-electron chi connectivity index (χ4n) is 2.48. The van der Waals surface area contributed by atoms with Crippen molar-refractivity contribution in [2.24, 2.45) is 5.73 Å². The minimum absolute atomic E-state index is 0.397. The predicted octanol–water partition coefficient (Wildman–Crippen LogP) is 2.58. The third-order valence-electron chi connectivity index (χ3n) is 3.60. The number of rotatable bonds is 4. The second-order valence-corrected chi connectivity index (χ2v) is 5.10. The molecule has 0 saturated heterocycles. The van der Waals surface area contributed by atoms with Gasteiger partial charge in [0, 0.05) is 11.6 Å². The number of carbonyl (C=O) groups is 1. The summed E-state index contributed by atoms with van der Waals surface area (Å²) >= 11 is 0. The summed E-state index contributed by atoms with van der Waals surface area (Å²) in [6.07, 6.45) is 1.15. The Morgan fingerprint density at radius 2 is 1.95 bits per heavy atom. The van der Waals surface area contributed by atoms with Gasteiger partial charge in [-0.3, -0.25) is 4.79 Å². The highest BCUT2D eigenvalue weighted by Crippen LogP contribution is 2.24. The van der Waals surface area contributed by atoms with Crippen molar-refractivity contribution < 1.29 is 9.18 Å². The van der Waals surface area contributed by atoms with Gasteiger partial charge >= 0.3 is 6.08 Å². The van der Waals surface area contributed by atoms with Gasteiger partial charge in [-0.05, 0) is 29.7 Å². The first-order valence-electron chi connectivity index (χ1n) is 6.89. The van der Waals surface area contributed by atoms with Crippen molar-refractivity contribution in [3.63, 3.8) is 0 Å². The summed E-state index contributed by atoms with van der Waals surface area (Å²) in [7, 11) is 0. The van der Waals surface area contributed by atoms with E-state index in [1.807, 2.05) is 30.3 Å². The zero-order valence-corrected chi connectivity index (χ0v) is 11.7. The Bertz CT molecular complexity index is 821. The molecule has 2 N–H and O–H groups in total. The predicted molar refractivity (Wildman–Crippen MR) is 81.6 cm³/mol. The molecule has 5 heteroatoms. The largest absolute Gasteiger partial charge is 0.369 e. The molecule has 0 aliphatic carbocycles. The Hall–Kier alpha value is -2.82. The Labute approximate surface area is 126 Å². The van der Waals surface area contributed by atoms with Gasteiger partial charge in [0.1, 0.15) is 0 Å². The number of hydrogen-bond acceptors (Lipinski definition) is 3. The zero-order valence-electron chi connectivity index (χ0n) is 11.7. The van der Waals surface area contributed by atoms with Gasteiger partial charge < -0.3 is 5.73 Å². The molecule has 1 aromatic heterocycles. The van der Waals surface area contributed by atoms with Crippen LogP contribution < -0.4 is 5.73 Å². The molecule has 22 heavy (non-hydrogen) atoms. The van der Waals surface area contributed by atoms with E-state index in [2.05, 4.69) is 9.97 Å². The molecule has 1 heterocycles. The number of fused-ring (bicyclic) bond motifs is 1. The number of hydrogen-bond donors (Lipinski definition) is 1. The van der Waals surface area contributed by atoms with E-state index >= 15 is 0 Å². The van der Waals surface area contributed by atoms with Gasteiger partial charge in [0.2, 0.25) is 5.91 Å². The van der Waals surface area contributed by atoms with Crippen LogP contribution in [0.5, 0.6) is 0 Å². The number of benzene rings is 2. The van der Waals surface area contributed by atoms with Crippen LogP contribution >= 0.6 is 0 Å². The number of carbonyl (C=O) groups excluding carboxylic acids is 1. The zero-order chi connectivity index (χ0) is 15.5. The van der Waals surface area contributed by atoms with Crippen LogP contribution in [0.4, 0.5) is 4.39 Å². The van der Waals surface area contributed by atoms with E-state index in [9.17, 15) is 9.18 Å². The van der Waals surface area contributed by atoms with E-state index < -0.39 is 17.9 Å². The van der Waals surface area contributed by atoms with E-state index in [-0.39, 0.29) is 0 Å².